The first-order valence-corrected chi connectivity index (χ1v) is 6.90. The van der Waals surface area contributed by atoms with Gasteiger partial charge in [-0.15, -0.1) is 0 Å². The van der Waals surface area contributed by atoms with E-state index in [1.807, 2.05) is 6.92 Å². The Morgan fingerprint density at radius 2 is 1.96 bits per heavy atom. The number of carbonyl (C=O) groups is 1. The molecule has 0 bridgehead atoms. The quantitative estimate of drug-likeness (QED) is 0.778. The fraction of sp³-hybridized carbons (Fsp3) is 0.0588. The summed E-state index contributed by atoms with van der Waals surface area (Å²) in [5.41, 5.74) is 9.50. The minimum absolute atomic E-state index is 0.170. The van der Waals surface area contributed by atoms with Crippen molar-refractivity contribution in [2.75, 3.05) is 5.73 Å². The van der Waals surface area contributed by atoms with Crippen LogP contribution in [0.5, 0.6) is 0 Å². The molecule has 0 aliphatic carbocycles. The van der Waals surface area contributed by atoms with Gasteiger partial charge in [-0.1, -0.05) is 0 Å². The van der Waals surface area contributed by atoms with Gasteiger partial charge >= 0.3 is 5.97 Å². The van der Waals surface area contributed by atoms with Gasteiger partial charge in [0.2, 0.25) is 0 Å². The van der Waals surface area contributed by atoms with Crippen LogP contribution in [0.3, 0.4) is 0 Å². The lowest BCUT2D eigenvalue weighted by molar-refractivity contribution is 0.0697. The van der Waals surface area contributed by atoms with Crippen molar-refractivity contribution >= 4 is 11.7 Å². The topological polar surface area (TPSA) is 81.1 Å². The number of pyridine rings is 1. The third-order valence-corrected chi connectivity index (χ3v) is 3.59. The van der Waals surface area contributed by atoms with Crippen LogP contribution in [-0.2, 0) is 0 Å². The molecule has 3 N–H and O–H groups in total. The molecule has 0 saturated heterocycles. The van der Waals surface area contributed by atoms with Crippen LogP contribution in [0.4, 0.5) is 10.1 Å². The second kappa shape index (κ2) is 5.57. The highest BCUT2D eigenvalue weighted by Gasteiger charge is 2.15. The minimum Gasteiger partial charge on any atom is -0.478 e. The summed E-state index contributed by atoms with van der Waals surface area (Å²) < 4.78 is 14.7. The van der Waals surface area contributed by atoms with Gasteiger partial charge in [-0.25, -0.2) is 9.18 Å². The van der Waals surface area contributed by atoms with Gasteiger partial charge in [0.25, 0.3) is 0 Å². The fourth-order valence-corrected chi connectivity index (χ4v) is 2.46. The molecule has 2 heterocycles. The molecule has 6 heteroatoms. The predicted molar refractivity (Wildman–Crippen MR) is 85.1 cm³/mol. The molecule has 0 amide bonds. The Balaban J connectivity index is 2.15. The molecular formula is C17H14FN3O2. The summed E-state index contributed by atoms with van der Waals surface area (Å²) in [6.45, 7) is 1.84. The monoisotopic (exact) mass is 311 g/mol. The first-order chi connectivity index (χ1) is 11.0. The van der Waals surface area contributed by atoms with Crippen LogP contribution in [0.1, 0.15) is 15.9 Å². The van der Waals surface area contributed by atoms with E-state index < -0.39 is 5.97 Å². The predicted octanol–water partition coefficient (Wildman–Crippen LogP) is 3.27. The van der Waals surface area contributed by atoms with Crippen molar-refractivity contribution < 1.29 is 14.3 Å². The zero-order valence-electron chi connectivity index (χ0n) is 12.3. The summed E-state index contributed by atoms with van der Waals surface area (Å²) in [6, 6.07) is 7.39. The SMILES string of the molecule is Cc1cnc(-c2ccc(F)cc2)c(N)c1-n1ccc(C(=O)O)c1. The summed E-state index contributed by atoms with van der Waals surface area (Å²) in [5, 5.41) is 9.05. The molecule has 0 fully saturated rings. The lowest BCUT2D eigenvalue weighted by Gasteiger charge is -2.14. The third-order valence-electron chi connectivity index (χ3n) is 3.59. The van der Waals surface area contributed by atoms with Crippen molar-refractivity contribution in [2.24, 2.45) is 0 Å². The molecule has 0 atom stereocenters. The number of aryl methyl sites for hydroxylation is 1. The first kappa shape index (κ1) is 14.8. The Morgan fingerprint density at radius 1 is 1.26 bits per heavy atom. The lowest BCUT2D eigenvalue weighted by atomic mass is 10.1. The van der Waals surface area contributed by atoms with Crippen LogP contribution in [0.15, 0.2) is 48.9 Å². The maximum atomic E-state index is 13.1. The number of nitrogens with two attached hydrogens (primary N) is 1. The molecule has 0 unspecified atom stereocenters. The van der Waals surface area contributed by atoms with E-state index in [2.05, 4.69) is 4.98 Å². The van der Waals surface area contributed by atoms with E-state index in [-0.39, 0.29) is 11.4 Å². The Bertz CT molecular complexity index is 885. The number of nitrogens with zero attached hydrogens (tertiary/aromatic N) is 2. The number of hydrogen-bond donors (Lipinski definition) is 2. The van der Waals surface area contributed by atoms with Crippen molar-refractivity contribution in [3.8, 4) is 16.9 Å². The van der Waals surface area contributed by atoms with Gasteiger partial charge in [0.05, 0.1) is 22.6 Å². The summed E-state index contributed by atoms with van der Waals surface area (Å²) >= 11 is 0. The average Bonchev–Trinajstić information content (AvgIpc) is 2.98. The number of aromatic carboxylic acids is 1. The molecule has 0 spiro atoms. The zero-order chi connectivity index (χ0) is 16.6. The Hall–Kier alpha value is -3.15. The number of halogens is 1. The Labute approximate surface area is 131 Å². The molecular weight excluding hydrogens is 297 g/mol. The summed E-state index contributed by atoms with van der Waals surface area (Å²) in [7, 11) is 0. The number of anilines is 1. The highest BCUT2D eigenvalue weighted by molar-refractivity contribution is 5.88. The highest BCUT2D eigenvalue weighted by Crippen LogP contribution is 2.31. The summed E-state index contributed by atoms with van der Waals surface area (Å²) in [5.74, 6) is -1.34. The van der Waals surface area contributed by atoms with Crippen LogP contribution in [0, 0.1) is 12.7 Å². The van der Waals surface area contributed by atoms with Crippen molar-refractivity contribution in [3.05, 3.63) is 65.9 Å². The van der Waals surface area contributed by atoms with Crippen LogP contribution in [0.2, 0.25) is 0 Å². The number of nitrogen functional groups attached to an aromatic ring is 1. The van der Waals surface area contributed by atoms with Crippen LogP contribution < -0.4 is 5.73 Å². The molecule has 116 valence electrons. The normalized spacial score (nSPS) is 10.7. The van der Waals surface area contributed by atoms with E-state index in [1.54, 1.807) is 29.1 Å². The maximum Gasteiger partial charge on any atom is 0.337 e. The Kier molecular flexibility index (Phi) is 3.57. The smallest absolute Gasteiger partial charge is 0.337 e. The number of hydrogen-bond acceptors (Lipinski definition) is 3. The van der Waals surface area contributed by atoms with Crippen LogP contribution in [-0.4, -0.2) is 20.6 Å². The second-order valence-electron chi connectivity index (χ2n) is 5.17. The zero-order valence-corrected chi connectivity index (χ0v) is 12.3. The minimum atomic E-state index is -1.01. The number of aromatic nitrogens is 2. The standard InChI is InChI=1S/C17H14FN3O2/c1-10-8-20-15(11-2-4-13(18)5-3-11)14(19)16(10)21-7-6-12(9-21)17(22)23/h2-9H,19H2,1H3,(H,22,23). The summed E-state index contributed by atoms with van der Waals surface area (Å²) in [4.78, 5) is 15.4. The molecule has 0 radical (unpaired) electrons. The molecule has 23 heavy (non-hydrogen) atoms. The van der Waals surface area contributed by atoms with Crippen molar-refractivity contribution in [2.45, 2.75) is 6.92 Å². The molecule has 3 rings (SSSR count). The van der Waals surface area contributed by atoms with Crippen molar-refractivity contribution in [1.29, 1.82) is 0 Å². The van der Waals surface area contributed by atoms with Gasteiger partial charge in [0.15, 0.2) is 0 Å². The second-order valence-corrected chi connectivity index (χ2v) is 5.17. The lowest BCUT2D eigenvalue weighted by Crippen LogP contribution is -2.05. The van der Waals surface area contributed by atoms with Gasteiger partial charge in [0, 0.05) is 24.2 Å². The molecule has 2 aromatic heterocycles. The van der Waals surface area contributed by atoms with E-state index in [9.17, 15) is 9.18 Å². The van der Waals surface area contributed by atoms with Crippen molar-refractivity contribution in [1.82, 2.24) is 9.55 Å². The van der Waals surface area contributed by atoms with E-state index >= 15 is 0 Å². The number of carboxylic acid groups (broad SMARTS) is 1. The van der Waals surface area contributed by atoms with Gasteiger partial charge in [-0.05, 0) is 42.8 Å². The van der Waals surface area contributed by atoms with Crippen LogP contribution >= 0.6 is 0 Å². The van der Waals surface area contributed by atoms with Crippen molar-refractivity contribution in [3.63, 3.8) is 0 Å². The molecule has 0 aliphatic heterocycles. The molecule has 3 aromatic rings. The third kappa shape index (κ3) is 2.66. The van der Waals surface area contributed by atoms with Gasteiger partial charge in [-0.3, -0.25) is 4.98 Å². The number of benzene rings is 1. The molecule has 0 saturated carbocycles. The van der Waals surface area contributed by atoms with E-state index in [1.165, 1.54) is 24.4 Å². The number of carboxylic acids is 1. The average molecular weight is 311 g/mol. The van der Waals surface area contributed by atoms with E-state index in [4.69, 9.17) is 10.8 Å². The maximum absolute atomic E-state index is 13.1. The first-order valence-electron chi connectivity index (χ1n) is 6.90. The largest absolute Gasteiger partial charge is 0.478 e. The van der Waals surface area contributed by atoms with Gasteiger partial charge in [0.1, 0.15) is 5.82 Å². The fourth-order valence-electron chi connectivity index (χ4n) is 2.46. The van der Waals surface area contributed by atoms with Gasteiger partial charge < -0.3 is 15.4 Å². The van der Waals surface area contributed by atoms with Gasteiger partial charge in [-0.2, -0.15) is 0 Å². The van der Waals surface area contributed by atoms with E-state index in [0.29, 0.717) is 22.6 Å². The number of rotatable bonds is 3. The van der Waals surface area contributed by atoms with E-state index in [0.717, 1.165) is 5.56 Å². The Morgan fingerprint density at radius 3 is 2.57 bits per heavy atom. The molecule has 5 nitrogen and oxygen atoms in total. The van der Waals surface area contributed by atoms with Crippen LogP contribution in [0.25, 0.3) is 16.9 Å². The highest BCUT2D eigenvalue weighted by atomic mass is 19.1. The molecule has 0 aliphatic rings. The summed E-state index contributed by atoms with van der Waals surface area (Å²) in [6.07, 6.45) is 4.79. The molecule has 1 aromatic carbocycles.